The highest BCUT2D eigenvalue weighted by Crippen LogP contribution is 2.37. The smallest absolute Gasteiger partial charge is 0.151 e. The van der Waals surface area contributed by atoms with Crippen molar-refractivity contribution in [3.05, 3.63) is 34.4 Å². The van der Waals surface area contributed by atoms with Crippen LogP contribution in [0, 0.1) is 5.92 Å². The van der Waals surface area contributed by atoms with Crippen LogP contribution in [0.2, 0.25) is 0 Å². The van der Waals surface area contributed by atoms with Crippen LogP contribution in [0.1, 0.15) is 75.1 Å². The quantitative estimate of drug-likeness (QED) is 0.742. The highest BCUT2D eigenvalue weighted by atomic mass is 16.2. The summed E-state index contributed by atoms with van der Waals surface area (Å²) in [6.45, 7) is 8.09. The van der Waals surface area contributed by atoms with Crippen LogP contribution in [0.25, 0.3) is 0 Å². The summed E-state index contributed by atoms with van der Waals surface area (Å²) in [7, 11) is 0. The second-order valence-electron chi connectivity index (χ2n) is 6.68. The molecule has 0 atom stereocenters. The van der Waals surface area contributed by atoms with E-state index in [0.717, 1.165) is 19.3 Å². The average Bonchev–Trinajstić information content (AvgIpc) is 2.59. The highest BCUT2D eigenvalue weighted by Gasteiger charge is 2.40. The minimum Gasteiger partial charge on any atom is -0.298 e. The van der Waals surface area contributed by atoms with Crippen molar-refractivity contribution >= 4 is 17.3 Å². The van der Waals surface area contributed by atoms with E-state index in [2.05, 4.69) is 32.9 Å². The number of hydrogen-bond donors (Lipinski definition) is 0. The van der Waals surface area contributed by atoms with Crippen LogP contribution in [0.4, 0.5) is 0 Å². The van der Waals surface area contributed by atoms with Crippen LogP contribution in [-0.4, -0.2) is 17.3 Å². The number of aryl methyl sites for hydroxylation is 3. The lowest BCUT2D eigenvalue weighted by Crippen LogP contribution is -2.38. The summed E-state index contributed by atoms with van der Waals surface area (Å²) < 4.78 is 0. The topological polar surface area (TPSA) is 51.2 Å². The van der Waals surface area contributed by atoms with E-state index in [4.69, 9.17) is 0 Å². The summed E-state index contributed by atoms with van der Waals surface area (Å²) in [6.07, 6.45) is 3.65. The molecule has 0 radical (unpaired) electrons. The van der Waals surface area contributed by atoms with E-state index in [1.54, 1.807) is 6.92 Å². The van der Waals surface area contributed by atoms with Gasteiger partial charge in [0.05, 0.1) is 0 Å². The highest BCUT2D eigenvalue weighted by molar-refractivity contribution is 6.20. The zero-order valence-corrected chi connectivity index (χ0v) is 15.3. The fraction of sp³-hybridized carbons (Fsp3) is 0.571. The molecule has 1 aromatic carbocycles. The van der Waals surface area contributed by atoms with Crippen LogP contribution >= 0.6 is 0 Å². The normalized spacial score (nSPS) is 21.2. The molecule has 130 valence electrons. The lowest BCUT2D eigenvalue weighted by Gasteiger charge is -2.29. The molecule has 0 bridgehead atoms. The lowest BCUT2D eigenvalue weighted by molar-refractivity contribution is -0.142. The number of Topliss-reactive ketones (excluding diaryl/α,β-unsaturated/α-hetero) is 3. The molecule has 3 nitrogen and oxygen atoms in total. The van der Waals surface area contributed by atoms with Gasteiger partial charge in [-0.05, 0) is 47.4 Å². The van der Waals surface area contributed by atoms with Gasteiger partial charge in [0.25, 0.3) is 0 Å². The Kier molecular flexibility index (Phi) is 6.09. The van der Waals surface area contributed by atoms with Crippen LogP contribution in [0.15, 0.2) is 12.1 Å². The number of ketones is 3. The zero-order chi connectivity index (χ0) is 17.9. The first-order valence-corrected chi connectivity index (χ1v) is 9.19. The summed E-state index contributed by atoms with van der Waals surface area (Å²) in [5.74, 6) is -1.67. The van der Waals surface area contributed by atoms with Crippen molar-refractivity contribution in [1.82, 2.24) is 0 Å². The Morgan fingerprint density at radius 1 is 0.917 bits per heavy atom. The first kappa shape index (κ1) is 18.6. The molecule has 0 heterocycles. The second-order valence-corrected chi connectivity index (χ2v) is 6.68. The van der Waals surface area contributed by atoms with Crippen molar-refractivity contribution in [2.45, 2.75) is 72.1 Å². The minimum atomic E-state index is -1.00. The Labute approximate surface area is 144 Å². The summed E-state index contributed by atoms with van der Waals surface area (Å²) in [4.78, 5) is 36.9. The molecule has 0 unspecified atom stereocenters. The molecule has 0 aromatic heterocycles. The van der Waals surface area contributed by atoms with Crippen LogP contribution < -0.4 is 0 Å². The molecule has 0 amide bonds. The molecule has 1 aliphatic rings. The lowest BCUT2D eigenvalue weighted by atomic mass is 9.72. The largest absolute Gasteiger partial charge is 0.298 e. The first-order valence-electron chi connectivity index (χ1n) is 9.19. The van der Waals surface area contributed by atoms with Gasteiger partial charge in [0.2, 0.25) is 0 Å². The second kappa shape index (κ2) is 7.87. The summed E-state index contributed by atoms with van der Waals surface area (Å²) >= 11 is 0. The summed E-state index contributed by atoms with van der Waals surface area (Å²) in [6, 6.07) is 4.43. The van der Waals surface area contributed by atoms with E-state index in [1.807, 2.05) is 0 Å². The van der Waals surface area contributed by atoms with Crippen LogP contribution in [-0.2, 0) is 33.6 Å². The van der Waals surface area contributed by atoms with Gasteiger partial charge in [-0.2, -0.15) is 0 Å². The van der Waals surface area contributed by atoms with Gasteiger partial charge in [-0.25, -0.2) is 0 Å². The molecule has 2 rings (SSSR count). The molecule has 1 aliphatic carbocycles. The third kappa shape index (κ3) is 3.50. The van der Waals surface area contributed by atoms with E-state index in [0.29, 0.717) is 12.8 Å². The third-order valence-electron chi connectivity index (χ3n) is 5.20. The van der Waals surface area contributed by atoms with Crippen molar-refractivity contribution in [2.24, 2.45) is 5.92 Å². The monoisotopic (exact) mass is 328 g/mol. The molecule has 0 saturated heterocycles. The van der Waals surface area contributed by atoms with Crippen molar-refractivity contribution < 1.29 is 14.4 Å². The molecule has 0 aliphatic heterocycles. The van der Waals surface area contributed by atoms with Gasteiger partial charge in [0.15, 0.2) is 17.3 Å². The molecule has 0 spiro atoms. The number of carbonyl (C=O) groups is 3. The van der Waals surface area contributed by atoms with Gasteiger partial charge in [-0.15, -0.1) is 0 Å². The maximum Gasteiger partial charge on any atom is 0.151 e. The molecule has 0 N–H and O–H groups in total. The van der Waals surface area contributed by atoms with Gasteiger partial charge >= 0.3 is 0 Å². The number of hydrogen-bond acceptors (Lipinski definition) is 3. The average molecular weight is 328 g/mol. The predicted molar refractivity (Wildman–Crippen MR) is 95.4 cm³/mol. The maximum absolute atomic E-state index is 12.5. The van der Waals surface area contributed by atoms with Crippen molar-refractivity contribution in [2.75, 3.05) is 0 Å². The van der Waals surface area contributed by atoms with E-state index in [9.17, 15) is 14.4 Å². The van der Waals surface area contributed by atoms with Gasteiger partial charge in [0, 0.05) is 19.3 Å². The fourth-order valence-corrected chi connectivity index (χ4v) is 3.91. The number of benzene rings is 1. The Hall–Kier alpha value is -1.77. The molecular formula is C21H28O3. The van der Waals surface area contributed by atoms with Gasteiger partial charge in [-0.1, -0.05) is 39.8 Å². The number of carbonyl (C=O) groups excluding carboxylic acids is 3. The van der Waals surface area contributed by atoms with Crippen LogP contribution in [0.3, 0.4) is 0 Å². The third-order valence-corrected chi connectivity index (χ3v) is 5.20. The van der Waals surface area contributed by atoms with Gasteiger partial charge in [0.1, 0.15) is 5.92 Å². The molecular weight excluding hydrogens is 300 g/mol. The maximum atomic E-state index is 12.5. The minimum absolute atomic E-state index is 0.0679. The molecule has 1 fully saturated rings. The molecule has 1 aromatic rings. The van der Waals surface area contributed by atoms with Gasteiger partial charge < -0.3 is 0 Å². The van der Waals surface area contributed by atoms with Crippen molar-refractivity contribution in [1.29, 1.82) is 0 Å². The standard InChI is InChI=1S/C21H28O3/c1-5-13-9-14(6-2)20(15(7-3)10-13)16-11-18(23)21(17(22)8-4)19(24)12-16/h9-10,16,21H,5-8,11-12H2,1-4H3. The van der Waals surface area contributed by atoms with E-state index < -0.39 is 5.92 Å². The van der Waals surface area contributed by atoms with Crippen molar-refractivity contribution in [3.8, 4) is 0 Å². The Morgan fingerprint density at radius 2 is 1.42 bits per heavy atom. The summed E-state index contributed by atoms with van der Waals surface area (Å²) in [5.41, 5.74) is 4.98. The molecule has 24 heavy (non-hydrogen) atoms. The van der Waals surface area contributed by atoms with E-state index >= 15 is 0 Å². The van der Waals surface area contributed by atoms with Crippen molar-refractivity contribution in [3.63, 3.8) is 0 Å². The Bertz CT molecular complexity index is 614. The Balaban J connectivity index is 2.41. The first-order chi connectivity index (χ1) is 11.5. The zero-order valence-electron chi connectivity index (χ0n) is 15.3. The summed E-state index contributed by atoms with van der Waals surface area (Å²) in [5, 5.41) is 0. The predicted octanol–water partition coefficient (Wildman–Crippen LogP) is 3.98. The molecule has 1 saturated carbocycles. The SMILES string of the molecule is CCC(=O)C1C(=O)CC(c2c(CC)cc(CC)cc2CC)CC1=O. The van der Waals surface area contributed by atoms with E-state index in [-0.39, 0.29) is 29.7 Å². The fourth-order valence-electron chi connectivity index (χ4n) is 3.91. The number of rotatable bonds is 6. The molecule has 3 heteroatoms. The Morgan fingerprint density at radius 3 is 1.79 bits per heavy atom. The van der Waals surface area contributed by atoms with Crippen LogP contribution in [0.5, 0.6) is 0 Å². The van der Waals surface area contributed by atoms with Gasteiger partial charge in [-0.3, -0.25) is 14.4 Å². The van der Waals surface area contributed by atoms with E-state index in [1.165, 1.54) is 22.3 Å².